The highest BCUT2D eigenvalue weighted by atomic mass is 35.5. The number of nitrogens with one attached hydrogen (secondary N) is 2. The second-order valence-corrected chi connectivity index (χ2v) is 6.46. The van der Waals surface area contributed by atoms with Crippen LogP contribution in [-0.4, -0.2) is 16.1 Å². The molecule has 3 aromatic rings. The van der Waals surface area contributed by atoms with Crippen molar-refractivity contribution in [3.63, 3.8) is 0 Å². The van der Waals surface area contributed by atoms with Crippen LogP contribution in [-0.2, 0) is 6.54 Å². The third kappa shape index (κ3) is 5.10. The third-order valence-electron chi connectivity index (χ3n) is 3.58. The topological polar surface area (TPSA) is 59.1 Å². The van der Waals surface area contributed by atoms with Crippen LogP contribution in [0.4, 0.5) is 17.3 Å². The zero-order valence-electron chi connectivity index (χ0n) is 14.7. The lowest BCUT2D eigenvalue weighted by atomic mass is 10.2. The Balaban J connectivity index is 1.63. The number of aromatic nitrogens is 2. The first kappa shape index (κ1) is 18.0. The summed E-state index contributed by atoms with van der Waals surface area (Å²) >= 11 is 6.18. The van der Waals surface area contributed by atoms with Crippen molar-refractivity contribution in [3.8, 4) is 5.75 Å². The standard InChI is InChI=1S/C20H21ClN4O/c1-14(2)26-17-9-7-16(8-10-17)25-20-11-19(23-13-24-20)22-12-15-5-3-4-6-18(15)21/h3-11,13-14H,12H2,1-2H3,(H2,22,23,24,25). The van der Waals surface area contributed by atoms with Gasteiger partial charge in [-0.15, -0.1) is 0 Å². The summed E-state index contributed by atoms with van der Waals surface area (Å²) in [6.07, 6.45) is 1.68. The number of benzene rings is 2. The van der Waals surface area contributed by atoms with Gasteiger partial charge < -0.3 is 15.4 Å². The summed E-state index contributed by atoms with van der Waals surface area (Å²) in [5.74, 6) is 2.27. The molecular formula is C20H21ClN4O. The van der Waals surface area contributed by atoms with E-state index in [0.717, 1.165) is 27.8 Å². The first-order valence-electron chi connectivity index (χ1n) is 8.43. The summed E-state index contributed by atoms with van der Waals surface area (Å²) in [5, 5.41) is 7.26. The molecule has 0 unspecified atom stereocenters. The van der Waals surface area contributed by atoms with Crippen molar-refractivity contribution in [1.82, 2.24) is 9.97 Å². The predicted octanol–water partition coefficient (Wildman–Crippen LogP) is 5.27. The van der Waals surface area contributed by atoms with Crippen LogP contribution in [0.1, 0.15) is 19.4 Å². The fourth-order valence-corrected chi connectivity index (χ4v) is 2.59. The lowest BCUT2D eigenvalue weighted by molar-refractivity contribution is 0.242. The fourth-order valence-electron chi connectivity index (χ4n) is 2.39. The molecule has 0 saturated heterocycles. The number of ether oxygens (including phenoxy) is 1. The molecule has 26 heavy (non-hydrogen) atoms. The number of anilines is 3. The average Bonchev–Trinajstić information content (AvgIpc) is 2.63. The Morgan fingerprint density at radius 2 is 1.73 bits per heavy atom. The Labute approximate surface area is 158 Å². The average molecular weight is 369 g/mol. The van der Waals surface area contributed by atoms with Crippen LogP contribution < -0.4 is 15.4 Å². The van der Waals surface area contributed by atoms with E-state index in [-0.39, 0.29) is 6.10 Å². The molecule has 5 nitrogen and oxygen atoms in total. The monoisotopic (exact) mass is 368 g/mol. The Morgan fingerprint density at radius 3 is 2.46 bits per heavy atom. The molecule has 0 bridgehead atoms. The van der Waals surface area contributed by atoms with Crippen LogP contribution in [0.5, 0.6) is 5.75 Å². The molecule has 0 fully saturated rings. The van der Waals surface area contributed by atoms with Crippen molar-refractivity contribution in [2.24, 2.45) is 0 Å². The van der Waals surface area contributed by atoms with Gasteiger partial charge in [-0.3, -0.25) is 0 Å². The van der Waals surface area contributed by atoms with Gasteiger partial charge in [-0.05, 0) is 49.7 Å². The summed E-state index contributed by atoms with van der Waals surface area (Å²) in [6, 6.07) is 17.4. The second kappa shape index (κ2) is 8.54. The van der Waals surface area contributed by atoms with Crippen LogP contribution in [0.15, 0.2) is 60.9 Å². The highest BCUT2D eigenvalue weighted by molar-refractivity contribution is 6.31. The minimum Gasteiger partial charge on any atom is -0.491 e. The van der Waals surface area contributed by atoms with Crippen molar-refractivity contribution >= 4 is 28.9 Å². The molecule has 0 aliphatic rings. The van der Waals surface area contributed by atoms with E-state index in [0.29, 0.717) is 12.4 Å². The molecule has 134 valence electrons. The minimum absolute atomic E-state index is 0.155. The molecular weight excluding hydrogens is 348 g/mol. The number of nitrogens with zero attached hydrogens (tertiary/aromatic N) is 2. The van der Waals surface area contributed by atoms with Gasteiger partial charge in [0.1, 0.15) is 23.7 Å². The van der Waals surface area contributed by atoms with E-state index in [1.165, 1.54) is 6.33 Å². The Hall–Kier alpha value is -2.79. The Kier molecular flexibility index (Phi) is 5.92. The summed E-state index contributed by atoms with van der Waals surface area (Å²) in [7, 11) is 0. The molecule has 2 aromatic carbocycles. The van der Waals surface area contributed by atoms with E-state index in [1.54, 1.807) is 0 Å². The molecule has 1 aromatic heterocycles. The van der Waals surface area contributed by atoms with E-state index in [4.69, 9.17) is 16.3 Å². The summed E-state index contributed by atoms with van der Waals surface area (Å²) < 4.78 is 5.65. The summed E-state index contributed by atoms with van der Waals surface area (Å²) in [5.41, 5.74) is 1.94. The molecule has 0 atom stereocenters. The van der Waals surface area contributed by atoms with Crippen molar-refractivity contribution in [2.45, 2.75) is 26.5 Å². The molecule has 6 heteroatoms. The van der Waals surface area contributed by atoms with E-state index >= 15 is 0 Å². The number of hydrogen-bond donors (Lipinski definition) is 2. The quantitative estimate of drug-likeness (QED) is 0.594. The maximum atomic E-state index is 6.18. The molecule has 2 N–H and O–H groups in total. The van der Waals surface area contributed by atoms with Crippen LogP contribution in [0, 0.1) is 0 Å². The van der Waals surface area contributed by atoms with Gasteiger partial charge >= 0.3 is 0 Å². The summed E-state index contributed by atoms with van der Waals surface area (Å²) in [4.78, 5) is 8.51. The molecule has 0 amide bonds. The summed E-state index contributed by atoms with van der Waals surface area (Å²) in [6.45, 7) is 4.60. The van der Waals surface area contributed by atoms with Crippen LogP contribution >= 0.6 is 11.6 Å². The van der Waals surface area contributed by atoms with E-state index < -0.39 is 0 Å². The van der Waals surface area contributed by atoms with E-state index in [9.17, 15) is 0 Å². The van der Waals surface area contributed by atoms with Gasteiger partial charge in [0, 0.05) is 23.3 Å². The van der Waals surface area contributed by atoms with Gasteiger partial charge in [-0.2, -0.15) is 0 Å². The van der Waals surface area contributed by atoms with E-state index in [2.05, 4.69) is 20.6 Å². The number of hydrogen-bond acceptors (Lipinski definition) is 5. The minimum atomic E-state index is 0.155. The molecule has 3 rings (SSSR count). The van der Waals surface area contributed by atoms with Gasteiger partial charge in [-0.1, -0.05) is 29.8 Å². The predicted molar refractivity (Wildman–Crippen MR) is 106 cm³/mol. The third-order valence-corrected chi connectivity index (χ3v) is 3.95. The van der Waals surface area contributed by atoms with Gasteiger partial charge in [0.15, 0.2) is 0 Å². The maximum absolute atomic E-state index is 6.18. The fraction of sp³-hybridized carbons (Fsp3) is 0.200. The second-order valence-electron chi connectivity index (χ2n) is 6.05. The van der Waals surface area contributed by atoms with E-state index in [1.807, 2.05) is 68.4 Å². The zero-order valence-corrected chi connectivity index (χ0v) is 15.5. The SMILES string of the molecule is CC(C)Oc1ccc(Nc2cc(NCc3ccccc3Cl)ncn2)cc1. The maximum Gasteiger partial charge on any atom is 0.135 e. The Bertz CT molecular complexity index is 852. The smallest absolute Gasteiger partial charge is 0.135 e. The largest absolute Gasteiger partial charge is 0.491 e. The first-order valence-corrected chi connectivity index (χ1v) is 8.81. The highest BCUT2D eigenvalue weighted by Crippen LogP contribution is 2.21. The molecule has 0 aliphatic carbocycles. The lowest BCUT2D eigenvalue weighted by Gasteiger charge is -2.11. The van der Waals surface area contributed by atoms with Gasteiger partial charge in [0.05, 0.1) is 6.10 Å². The van der Waals surface area contributed by atoms with Crippen molar-refractivity contribution in [3.05, 3.63) is 71.5 Å². The molecule has 0 spiro atoms. The normalized spacial score (nSPS) is 10.6. The van der Waals surface area contributed by atoms with Crippen LogP contribution in [0.2, 0.25) is 5.02 Å². The number of halogens is 1. The van der Waals surface area contributed by atoms with Gasteiger partial charge in [0.25, 0.3) is 0 Å². The van der Waals surface area contributed by atoms with Gasteiger partial charge in [0.2, 0.25) is 0 Å². The molecule has 0 aliphatic heterocycles. The van der Waals surface area contributed by atoms with Crippen molar-refractivity contribution < 1.29 is 4.74 Å². The van der Waals surface area contributed by atoms with Crippen molar-refractivity contribution in [1.29, 1.82) is 0 Å². The molecule has 0 saturated carbocycles. The number of rotatable bonds is 7. The zero-order chi connectivity index (χ0) is 18.4. The highest BCUT2D eigenvalue weighted by Gasteiger charge is 2.03. The van der Waals surface area contributed by atoms with Crippen molar-refractivity contribution in [2.75, 3.05) is 10.6 Å². The Morgan fingerprint density at radius 1 is 1.00 bits per heavy atom. The molecule has 0 radical (unpaired) electrons. The van der Waals surface area contributed by atoms with Crippen LogP contribution in [0.3, 0.4) is 0 Å². The first-order chi connectivity index (χ1) is 12.6. The molecule has 1 heterocycles. The van der Waals surface area contributed by atoms with Gasteiger partial charge in [-0.25, -0.2) is 9.97 Å². The van der Waals surface area contributed by atoms with Crippen LogP contribution in [0.25, 0.3) is 0 Å². The lowest BCUT2D eigenvalue weighted by Crippen LogP contribution is -2.05.